The molecule has 18 heavy (non-hydrogen) atoms. The molecule has 0 spiro atoms. The number of ether oxygens (including phenoxy) is 1. The van der Waals surface area contributed by atoms with Crippen molar-refractivity contribution in [2.75, 3.05) is 0 Å². The lowest BCUT2D eigenvalue weighted by Crippen LogP contribution is -2.18. The Balaban J connectivity index is 1.71. The first-order valence-electron chi connectivity index (χ1n) is 7.31. The topological polar surface area (TPSA) is 21.3 Å². The molecule has 2 fully saturated rings. The van der Waals surface area contributed by atoms with Crippen LogP contribution in [0.4, 0.5) is 0 Å². The van der Waals surface area contributed by atoms with E-state index >= 15 is 0 Å². The Morgan fingerprint density at radius 1 is 1.17 bits per heavy atom. The van der Waals surface area contributed by atoms with Crippen LogP contribution in [0.15, 0.2) is 18.2 Å². The molecular weight excluding hydrogens is 222 g/mol. The molecule has 2 aliphatic carbocycles. The summed E-state index contributed by atoms with van der Waals surface area (Å²) < 4.78 is 6.25. The molecule has 2 aliphatic rings. The lowest BCUT2D eigenvalue weighted by Gasteiger charge is -2.19. The third kappa shape index (κ3) is 2.86. The summed E-state index contributed by atoms with van der Waals surface area (Å²) in [5, 5.41) is 3.59. The molecule has 2 nitrogen and oxygen atoms in total. The van der Waals surface area contributed by atoms with Crippen LogP contribution in [-0.2, 0) is 6.54 Å². The van der Waals surface area contributed by atoms with E-state index in [0.29, 0.717) is 6.10 Å². The van der Waals surface area contributed by atoms with Gasteiger partial charge in [-0.15, -0.1) is 0 Å². The van der Waals surface area contributed by atoms with Crippen LogP contribution in [-0.4, -0.2) is 12.1 Å². The first-order chi connectivity index (χ1) is 8.83. The molecule has 0 aromatic heterocycles. The molecule has 0 heterocycles. The molecule has 0 unspecified atom stereocenters. The molecule has 0 bridgehead atoms. The summed E-state index contributed by atoms with van der Waals surface area (Å²) in [4.78, 5) is 0. The second kappa shape index (κ2) is 5.31. The van der Waals surface area contributed by atoms with Crippen LogP contribution >= 0.6 is 0 Å². The number of aryl methyl sites for hydroxylation is 1. The smallest absolute Gasteiger partial charge is 0.127 e. The molecule has 1 aromatic rings. The molecular formula is C16H23NO. The highest BCUT2D eigenvalue weighted by Gasteiger charge is 2.22. The van der Waals surface area contributed by atoms with Crippen molar-refractivity contribution >= 4 is 0 Å². The lowest BCUT2D eigenvalue weighted by molar-refractivity contribution is 0.206. The van der Waals surface area contributed by atoms with Crippen LogP contribution in [0.5, 0.6) is 5.75 Å². The molecule has 0 saturated heterocycles. The molecule has 1 N–H and O–H groups in total. The Morgan fingerprint density at radius 2 is 1.94 bits per heavy atom. The average Bonchev–Trinajstić information content (AvgIpc) is 3.06. The summed E-state index contributed by atoms with van der Waals surface area (Å²) in [5.41, 5.74) is 2.60. The van der Waals surface area contributed by atoms with E-state index in [-0.39, 0.29) is 0 Å². The Bertz CT molecular complexity index is 406. The highest BCUT2D eigenvalue weighted by molar-refractivity contribution is 5.41. The van der Waals surface area contributed by atoms with E-state index in [4.69, 9.17) is 4.74 Å². The maximum absolute atomic E-state index is 6.25. The van der Waals surface area contributed by atoms with E-state index in [1.54, 1.807) is 0 Å². The molecule has 98 valence electrons. The van der Waals surface area contributed by atoms with Gasteiger partial charge in [-0.3, -0.25) is 0 Å². The van der Waals surface area contributed by atoms with Gasteiger partial charge in [-0.2, -0.15) is 0 Å². The molecule has 2 saturated carbocycles. The highest BCUT2D eigenvalue weighted by Crippen LogP contribution is 2.30. The van der Waals surface area contributed by atoms with Crippen molar-refractivity contribution in [3.8, 4) is 5.75 Å². The normalized spacial score (nSPS) is 20.3. The van der Waals surface area contributed by atoms with Gasteiger partial charge in [-0.25, -0.2) is 0 Å². The standard InChI is InChI=1S/C16H23NO/c1-12-5-4-6-13(11-17-14-9-10-14)16(12)18-15-7-2-3-8-15/h4-6,14-15,17H,2-3,7-11H2,1H3. The van der Waals surface area contributed by atoms with Crippen LogP contribution in [0.3, 0.4) is 0 Å². The fraction of sp³-hybridized carbons (Fsp3) is 0.625. The third-order valence-corrected chi connectivity index (χ3v) is 4.04. The maximum atomic E-state index is 6.25. The van der Waals surface area contributed by atoms with Crippen molar-refractivity contribution in [1.29, 1.82) is 0 Å². The number of para-hydroxylation sites is 1. The van der Waals surface area contributed by atoms with Crippen LogP contribution in [0.2, 0.25) is 0 Å². The van der Waals surface area contributed by atoms with E-state index in [9.17, 15) is 0 Å². The second-order valence-corrected chi connectivity index (χ2v) is 5.74. The van der Waals surface area contributed by atoms with Crippen molar-refractivity contribution < 1.29 is 4.74 Å². The third-order valence-electron chi connectivity index (χ3n) is 4.04. The number of rotatable bonds is 5. The summed E-state index contributed by atoms with van der Waals surface area (Å²) in [5.74, 6) is 1.14. The van der Waals surface area contributed by atoms with Crippen molar-refractivity contribution in [3.63, 3.8) is 0 Å². The molecule has 1 aromatic carbocycles. The molecule has 0 aliphatic heterocycles. The minimum Gasteiger partial charge on any atom is -0.490 e. The maximum Gasteiger partial charge on any atom is 0.127 e. The number of nitrogens with one attached hydrogen (secondary N) is 1. The van der Waals surface area contributed by atoms with Gasteiger partial charge < -0.3 is 10.1 Å². The number of benzene rings is 1. The molecule has 0 radical (unpaired) electrons. The average molecular weight is 245 g/mol. The quantitative estimate of drug-likeness (QED) is 0.856. The van der Waals surface area contributed by atoms with Gasteiger partial charge in [0.2, 0.25) is 0 Å². The van der Waals surface area contributed by atoms with Crippen molar-refractivity contribution in [1.82, 2.24) is 5.32 Å². The van der Waals surface area contributed by atoms with Gasteiger partial charge in [-0.1, -0.05) is 18.2 Å². The summed E-state index contributed by atoms with van der Waals surface area (Å²) in [6, 6.07) is 7.25. The summed E-state index contributed by atoms with van der Waals surface area (Å²) in [7, 11) is 0. The van der Waals surface area contributed by atoms with Crippen molar-refractivity contribution in [2.24, 2.45) is 0 Å². The van der Waals surface area contributed by atoms with E-state index in [0.717, 1.165) is 18.3 Å². The molecule has 2 heteroatoms. The SMILES string of the molecule is Cc1cccc(CNC2CC2)c1OC1CCCC1. The highest BCUT2D eigenvalue weighted by atomic mass is 16.5. The van der Waals surface area contributed by atoms with Crippen LogP contribution in [0.25, 0.3) is 0 Å². The van der Waals surface area contributed by atoms with Crippen LogP contribution in [0.1, 0.15) is 49.7 Å². The molecule has 0 atom stereocenters. The van der Waals surface area contributed by atoms with Crippen LogP contribution < -0.4 is 10.1 Å². The minimum absolute atomic E-state index is 0.450. The van der Waals surface area contributed by atoms with Crippen molar-refractivity contribution in [3.05, 3.63) is 29.3 Å². The Labute approximate surface area is 110 Å². The van der Waals surface area contributed by atoms with Gasteiger partial charge in [0, 0.05) is 18.2 Å². The second-order valence-electron chi connectivity index (χ2n) is 5.74. The fourth-order valence-electron chi connectivity index (χ4n) is 2.74. The first kappa shape index (κ1) is 12.0. The Hall–Kier alpha value is -1.02. The van der Waals surface area contributed by atoms with Gasteiger partial charge >= 0.3 is 0 Å². The Morgan fingerprint density at radius 3 is 2.67 bits per heavy atom. The fourth-order valence-corrected chi connectivity index (χ4v) is 2.74. The van der Waals surface area contributed by atoms with Gasteiger partial charge in [0.1, 0.15) is 5.75 Å². The predicted octanol–water partition coefficient (Wildman–Crippen LogP) is 3.57. The van der Waals surface area contributed by atoms with E-state index in [1.165, 1.54) is 49.7 Å². The van der Waals surface area contributed by atoms with Gasteiger partial charge in [0.15, 0.2) is 0 Å². The zero-order valence-corrected chi connectivity index (χ0v) is 11.2. The van der Waals surface area contributed by atoms with Crippen molar-refractivity contribution in [2.45, 2.75) is 64.1 Å². The summed E-state index contributed by atoms with van der Waals surface area (Å²) >= 11 is 0. The lowest BCUT2D eigenvalue weighted by atomic mass is 10.1. The summed E-state index contributed by atoms with van der Waals surface area (Å²) in [6.45, 7) is 3.11. The zero-order valence-electron chi connectivity index (χ0n) is 11.2. The zero-order chi connectivity index (χ0) is 12.4. The monoisotopic (exact) mass is 245 g/mol. The van der Waals surface area contributed by atoms with Gasteiger partial charge in [0.05, 0.1) is 6.10 Å². The molecule has 0 amide bonds. The number of hydrogen-bond acceptors (Lipinski definition) is 2. The van der Waals surface area contributed by atoms with E-state index in [2.05, 4.69) is 30.4 Å². The van der Waals surface area contributed by atoms with E-state index < -0.39 is 0 Å². The molecule has 3 rings (SSSR count). The largest absolute Gasteiger partial charge is 0.490 e. The number of hydrogen-bond donors (Lipinski definition) is 1. The van der Waals surface area contributed by atoms with Crippen LogP contribution in [0, 0.1) is 6.92 Å². The van der Waals surface area contributed by atoms with E-state index in [1.807, 2.05) is 0 Å². The minimum atomic E-state index is 0.450. The van der Waals surface area contributed by atoms with Gasteiger partial charge in [0.25, 0.3) is 0 Å². The summed E-state index contributed by atoms with van der Waals surface area (Å²) in [6.07, 6.45) is 8.23. The first-order valence-corrected chi connectivity index (χ1v) is 7.31. The predicted molar refractivity (Wildman–Crippen MR) is 73.9 cm³/mol. The van der Waals surface area contributed by atoms with Gasteiger partial charge in [-0.05, 0) is 51.0 Å². The Kier molecular flexibility index (Phi) is 3.55.